The van der Waals surface area contributed by atoms with Gasteiger partial charge in [-0.3, -0.25) is 9.78 Å². The van der Waals surface area contributed by atoms with Crippen molar-refractivity contribution in [2.24, 2.45) is 0 Å². The summed E-state index contributed by atoms with van der Waals surface area (Å²) in [6, 6.07) is 4.93. The molecule has 210 valence electrons. The number of piperidine rings is 1. The van der Waals surface area contributed by atoms with Gasteiger partial charge in [0.25, 0.3) is 5.91 Å². The van der Waals surface area contributed by atoms with E-state index in [1.54, 1.807) is 32.2 Å². The fourth-order valence-corrected chi connectivity index (χ4v) is 4.06. The molecule has 2 aromatic rings. The number of hydrogen-bond acceptors (Lipinski definition) is 9. The lowest BCUT2D eigenvalue weighted by atomic mass is 9.92. The average molecular weight is 559 g/mol. The number of likely N-dealkylation sites (tertiary alicyclic amines) is 1. The van der Waals surface area contributed by atoms with E-state index in [2.05, 4.69) is 10.3 Å². The summed E-state index contributed by atoms with van der Waals surface area (Å²) in [6.07, 6.45) is -2.37. The minimum absolute atomic E-state index is 0.0848. The Balaban J connectivity index is 0.000000432. The molecule has 3 rings (SSSR count). The molecule has 1 aromatic carbocycles. The number of fused-ring (bicyclic) bond motifs is 1. The molecule has 0 saturated carbocycles. The zero-order valence-corrected chi connectivity index (χ0v) is 21.7. The number of nitrogen functional groups attached to an aromatic ring is 1. The van der Waals surface area contributed by atoms with E-state index in [1.807, 2.05) is 4.90 Å². The average Bonchev–Trinajstić information content (AvgIpc) is 2.85. The Morgan fingerprint density at radius 2 is 1.76 bits per heavy atom. The summed E-state index contributed by atoms with van der Waals surface area (Å²) in [5.41, 5.74) is 4.76. The SMILES string of the molecule is CC(C)(O)CN1CCC(F)(CNC(=O)c2cc(Cl)c(N)c3cccnc23)CC1.O=C(O)[C@H](O)[C@@H](O)C(=O)O. The molecule has 1 aliphatic heterocycles. The smallest absolute Gasteiger partial charge is 0.335 e. The van der Waals surface area contributed by atoms with Gasteiger partial charge < -0.3 is 41.5 Å². The number of rotatable bonds is 8. The number of aliphatic hydroxyl groups excluding tert-OH is 2. The first-order chi connectivity index (χ1) is 17.5. The molecule has 1 fully saturated rings. The maximum absolute atomic E-state index is 15.1. The van der Waals surface area contributed by atoms with E-state index in [0.717, 1.165) is 0 Å². The van der Waals surface area contributed by atoms with Gasteiger partial charge in [-0.2, -0.15) is 0 Å². The first kappa shape index (κ1) is 31.1. The molecule has 1 saturated heterocycles. The number of aliphatic hydroxyl groups is 3. The predicted molar refractivity (Wildman–Crippen MR) is 137 cm³/mol. The molecule has 2 heterocycles. The van der Waals surface area contributed by atoms with Gasteiger partial charge in [0.05, 0.1) is 33.9 Å². The Hall–Kier alpha value is -3.10. The third-order valence-corrected chi connectivity index (χ3v) is 6.17. The van der Waals surface area contributed by atoms with Crippen molar-refractivity contribution in [2.75, 3.05) is 31.9 Å². The van der Waals surface area contributed by atoms with Crippen molar-refractivity contribution >= 4 is 46.0 Å². The van der Waals surface area contributed by atoms with E-state index in [9.17, 15) is 19.5 Å². The van der Waals surface area contributed by atoms with Gasteiger partial charge in [0.2, 0.25) is 0 Å². The number of hydrogen-bond donors (Lipinski definition) is 7. The summed E-state index contributed by atoms with van der Waals surface area (Å²) < 4.78 is 15.1. The quantitative estimate of drug-likeness (QED) is 0.224. The molecule has 1 amide bonds. The van der Waals surface area contributed by atoms with Gasteiger partial charge in [-0.1, -0.05) is 11.6 Å². The van der Waals surface area contributed by atoms with E-state index < -0.39 is 41.3 Å². The van der Waals surface area contributed by atoms with Crippen molar-refractivity contribution in [3.8, 4) is 0 Å². The molecule has 38 heavy (non-hydrogen) atoms. The van der Waals surface area contributed by atoms with Gasteiger partial charge in [0.15, 0.2) is 12.2 Å². The van der Waals surface area contributed by atoms with Crippen LogP contribution in [0.15, 0.2) is 24.4 Å². The van der Waals surface area contributed by atoms with Crippen LogP contribution in [-0.4, -0.2) is 103 Å². The van der Waals surface area contributed by atoms with Crippen molar-refractivity contribution in [3.63, 3.8) is 0 Å². The first-order valence-electron chi connectivity index (χ1n) is 11.6. The Morgan fingerprint density at radius 1 is 1.21 bits per heavy atom. The fourth-order valence-electron chi connectivity index (χ4n) is 3.85. The summed E-state index contributed by atoms with van der Waals surface area (Å²) in [7, 11) is 0. The Bertz CT molecular complexity index is 1150. The molecule has 8 N–H and O–H groups in total. The van der Waals surface area contributed by atoms with Crippen molar-refractivity contribution in [1.29, 1.82) is 0 Å². The topological polar surface area (TPSA) is 207 Å². The number of nitrogens with one attached hydrogen (secondary N) is 1. The molecule has 0 radical (unpaired) electrons. The van der Waals surface area contributed by atoms with Gasteiger partial charge in [0, 0.05) is 31.2 Å². The summed E-state index contributed by atoms with van der Waals surface area (Å²) in [4.78, 5) is 38.5. The number of aromatic nitrogens is 1. The highest BCUT2D eigenvalue weighted by Crippen LogP contribution is 2.31. The second-order valence-electron chi connectivity index (χ2n) is 9.71. The normalized spacial score (nSPS) is 17.1. The monoisotopic (exact) mass is 558 g/mol. The maximum atomic E-state index is 15.1. The second kappa shape index (κ2) is 12.6. The Morgan fingerprint density at radius 3 is 2.26 bits per heavy atom. The van der Waals surface area contributed by atoms with Gasteiger partial charge in [-0.15, -0.1) is 0 Å². The van der Waals surface area contributed by atoms with Crippen LogP contribution in [0, 0.1) is 0 Å². The van der Waals surface area contributed by atoms with Gasteiger partial charge in [0.1, 0.15) is 5.67 Å². The molecule has 1 aliphatic rings. The van der Waals surface area contributed by atoms with E-state index >= 15 is 4.39 Å². The van der Waals surface area contributed by atoms with Crippen LogP contribution in [0.2, 0.25) is 5.02 Å². The third kappa shape index (κ3) is 8.46. The highest BCUT2D eigenvalue weighted by atomic mass is 35.5. The first-order valence-corrected chi connectivity index (χ1v) is 12.0. The van der Waals surface area contributed by atoms with Crippen LogP contribution in [0.1, 0.15) is 37.0 Å². The van der Waals surface area contributed by atoms with E-state index in [1.165, 1.54) is 6.07 Å². The van der Waals surface area contributed by atoms with Crippen LogP contribution in [0.5, 0.6) is 0 Å². The number of alkyl halides is 1. The van der Waals surface area contributed by atoms with Gasteiger partial charge in [-0.05, 0) is 44.9 Å². The molecule has 0 aliphatic carbocycles. The standard InChI is InChI=1S/C20H26ClFN4O2.C4H6O6/c1-19(2,28)12-26-8-5-20(22,6-9-26)11-25-18(27)14-10-15(21)16(23)13-4-3-7-24-17(13)14;5-1(3(7)8)2(6)4(9)10/h3-4,7,10,28H,5-6,8-9,11-12,23H2,1-2H3,(H,25,27);1-2,5-6H,(H,7,8)(H,9,10)/t;1-,2-/m.1/s1. The maximum Gasteiger partial charge on any atom is 0.335 e. The molecular formula is C24H32ClFN4O8. The molecule has 2 atom stereocenters. The number of carboxylic acids is 2. The van der Waals surface area contributed by atoms with Crippen LogP contribution in [-0.2, 0) is 9.59 Å². The molecule has 0 unspecified atom stereocenters. The summed E-state index contributed by atoms with van der Waals surface area (Å²) in [6.45, 7) is 4.96. The number of benzene rings is 1. The highest BCUT2D eigenvalue weighted by Gasteiger charge is 2.36. The Labute approximate surface area is 222 Å². The number of amides is 1. The van der Waals surface area contributed by atoms with Crippen molar-refractivity contribution in [2.45, 2.75) is 50.2 Å². The number of halogens is 2. The van der Waals surface area contributed by atoms with E-state index in [-0.39, 0.29) is 17.1 Å². The number of pyridine rings is 1. The summed E-state index contributed by atoms with van der Waals surface area (Å²) >= 11 is 6.15. The Kier molecular flexibility index (Phi) is 10.3. The van der Waals surface area contributed by atoms with E-state index in [4.69, 9.17) is 37.8 Å². The zero-order valence-electron chi connectivity index (χ0n) is 20.9. The molecule has 1 aromatic heterocycles. The van der Waals surface area contributed by atoms with Crippen molar-refractivity contribution < 1.29 is 44.3 Å². The number of nitrogens with two attached hydrogens (primary N) is 1. The number of carbonyl (C=O) groups excluding carboxylic acids is 1. The molecule has 12 nitrogen and oxygen atoms in total. The zero-order chi connectivity index (χ0) is 28.8. The third-order valence-electron chi connectivity index (χ3n) is 5.86. The number of β-amino-alcohol motifs (C(OH)–C–C–N with tert-alkyl or cyclic N) is 1. The molecule has 0 bridgehead atoms. The molecule has 0 spiro atoms. The van der Waals surface area contributed by atoms with E-state index in [0.29, 0.717) is 49.1 Å². The number of anilines is 1. The number of carbonyl (C=O) groups is 3. The predicted octanol–water partition coefficient (Wildman–Crippen LogP) is 0.653. The van der Waals surface area contributed by atoms with Crippen LogP contribution >= 0.6 is 11.6 Å². The van der Waals surface area contributed by atoms with Crippen molar-refractivity contribution in [3.05, 3.63) is 35.0 Å². The minimum atomic E-state index is -2.27. The molecule has 14 heteroatoms. The minimum Gasteiger partial charge on any atom is -0.479 e. The van der Waals surface area contributed by atoms with Gasteiger partial charge in [-0.25, -0.2) is 14.0 Å². The van der Waals surface area contributed by atoms with Crippen molar-refractivity contribution in [1.82, 2.24) is 15.2 Å². The van der Waals surface area contributed by atoms with Crippen LogP contribution < -0.4 is 11.1 Å². The summed E-state index contributed by atoms with van der Waals surface area (Å²) in [5, 5.41) is 46.0. The number of carboxylic acid groups (broad SMARTS) is 2. The summed E-state index contributed by atoms with van der Waals surface area (Å²) in [5.74, 6) is -3.97. The fraction of sp³-hybridized carbons (Fsp3) is 0.500. The van der Waals surface area contributed by atoms with Gasteiger partial charge >= 0.3 is 11.9 Å². The lowest BCUT2D eigenvalue weighted by molar-refractivity contribution is -0.165. The highest BCUT2D eigenvalue weighted by molar-refractivity contribution is 6.35. The van der Waals surface area contributed by atoms with Crippen LogP contribution in [0.3, 0.4) is 0 Å². The molecular weight excluding hydrogens is 527 g/mol. The van der Waals surface area contributed by atoms with Crippen LogP contribution in [0.25, 0.3) is 10.9 Å². The van der Waals surface area contributed by atoms with Crippen LogP contribution in [0.4, 0.5) is 10.1 Å². The second-order valence-corrected chi connectivity index (χ2v) is 10.1. The largest absolute Gasteiger partial charge is 0.479 e. The lowest BCUT2D eigenvalue weighted by Gasteiger charge is -2.38. The lowest BCUT2D eigenvalue weighted by Crippen LogP contribution is -2.50. The number of nitrogens with zero attached hydrogens (tertiary/aromatic N) is 2. The number of aliphatic carboxylic acids is 2.